The number of rotatable bonds is 0. The summed E-state index contributed by atoms with van der Waals surface area (Å²) in [5, 5.41) is 3.02. The van der Waals surface area contributed by atoms with Gasteiger partial charge in [-0.3, -0.25) is 0 Å². The van der Waals surface area contributed by atoms with Gasteiger partial charge in [0.05, 0.1) is 0 Å². The van der Waals surface area contributed by atoms with E-state index in [1.54, 1.807) is 16.4 Å². The van der Waals surface area contributed by atoms with Gasteiger partial charge in [-0.25, -0.2) is 0 Å². The Morgan fingerprint density at radius 3 is 2.77 bits per heavy atom. The molecule has 0 N–H and O–H groups in total. The third kappa shape index (κ3) is 1.03. The van der Waals surface area contributed by atoms with Gasteiger partial charge in [0, 0.05) is 4.48 Å². The number of hydrogen-bond donors (Lipinski definition) is 0. The molecule has 1 aromatic carbocycles. The molecule has 0 amide bonds. The Morgan fingerprint density at radius 1 is 1.00 bits per heavy atom. The van der Waals surface area contributed by atoms with E-state index in [9.17, 15) is 0 Å². The summed E-state index contributed by atoms with van der Waals surface area (Å²) in [4.78, 5) is 0. The molecule has 0 spiro atoms. The van der Waals surface area contributed by atoms with Gasteiger partial charge in [0.15, 0.2) is 0 Å². The molecule has 0 saturated heterocycles. The summed E-state index contributed by atoms with van der Waals surface area (Å²) in [6.45, 7) is 0. The second-order valence-corrected chi connectivity index (χ2v) is 4.81. The van der Waals surface area contributed by atoms with Crippen molar-refractivity contribution in [2.75, 3.05) is 0 Å². The maximum atomic E-state index is 3.68. The zero-order valence-electron chi connectivity index (χ0n) is 7.44. The Bertz CT molecular complexity index is 482. The van der Waals surface area contributed by atoms with E-state index >= 15 is 0 Å². The summed E-state index contributed by atoms with van der Waals surface area (Å²) >= 11 is 3.68. The van der Waals surface area contributed by atoms with Gasteiger partial charge in [-0.1, -0.05) is 39.7 Å². The summed E-state index contributed by atoms with van der Waals surface area (Å²) in [6.07, 6.45) is 5.03. The van der Waals surface area contributed by atoms with Crippen LogP contribution in [0.1, 0.15) is 24.8 Å². The van der Waals surface area contributed by atoms with Crippen molar-refractivity contribution < 1.29 is 0 Å². The Kier molecular flexibility index (Phi) is 1.63. The highest BCUT2D eigenvalue weighted by molar-refractivity contribution is 9.14. The molecule has 13 heavy (non-hydrogen) atoms. The molecule has 0 radical (unpaired) electrons. The van der Waals surface area contributed by atoms with Crippen LogP contribution in [-0.2, 0) is 6.42 Å². The third-order valence-corrected chi connectivity index (χ3v) is 3.96. The normalized spacial score (nSPS) is 19.2. The molecule has 2 aliphatic carbocycles. The van der Waals surface area contributed by atoms with E-state index in [1.807, 2.05) is 0 Å². The number of benzene rings is 1. The molecule has 0 aliphatic heterocycles. The lowest BCUT2D eigenvalue weighted by Gasteiger charge is -2.08. The van der Waals surface area contributed by atoms with Gasteiger partial charge in [-0.05, 0) is 41.7 Å². The highest BCUT2D eigenvalue weighted by Crippen LogP contribution is 2.25. The summed E-state index contributed by atoms with van der Waals surface area (Å²) in [6, 6.07) is 6.70. The molecular weight excluding hydrogens is 224 g/mol. The van der Waals surface area contributed by atoms with Crippen molar-refractivity contribution in [3.8, 4) is 0 Å². The first-order valence-corrected chi connectivity index (χ1v) is 5.64. The molecule has 0 atom stereocenters. The lowest BCUT2D eigenvalue weighted by Crippen LogP contribution is -2.31. The molecule has 0 fully saturated rings. The van der Waals surface area contributed by atoms with Gasteiger partial charge < -0.3 is 0 Å². The van der Waals surface area contributed by atoms with Crippen LogP contribution in [-0.4, -0.2) is 0 Å². The largest absolute Gasteiger partial charge is 0.0614 e. The first kappa shape index (κ1) is 7.81. The zero-order valence-corrected chi connectivity index (χ0v) is 9.02. The zero-order chi connectivity index (χ0) is 8.84. The lowest BCUT2D eigenvalue weighted by atomic mass is 10.0. The maximum absolute atomic E-state index is 3.68. The van der Waals surface area contributed by atoms with Crippen LogP contribution in [0.2, 0.25) is 0 Å². The van der Waals surface area contributed by atoms with E-state index in [0.717, 1.165) is 0 Å². The average molecular weight is 235 g/mol. The molecule has 1 heteroatoms. The van der Waals surface area contributed by atoms with Gasteiger partial charge in [0.2, 0.25) is 0 Å². The van der Waals surface area contributed by atoms with Crippen LogP contribution in [0.3, 0.4) is 0 Å². The minimum atomic E-state index is 1.20. The van der Waals surface area contributed by atoms with E-state index in [0.29, 0.717) is 0 Å². The Labute approximate surface area is 86.1 Å². The van der Waals surface area contributed by atoms with Crippen molar-refractivity contribution in [2.45, 2.75) is 25.7 Å². The van der Waals surface area contributed by atoms with Crippen molar-refractivity contribution in [3.63, 3.8) is 0 Å². The van der Waals surface area contributed by atoms with Gasteiger partial charge in [0.25, 0.3) is 0 Å². The van der Waals surface area contributed by atoms with E-state index in [2.05, 4.69) is 34.1 Å². The van der Waals surface area contributed by atoms with Crippen LogP contribution in [0, 0.1) is 0 Å². The smallest absolute Gasteiger partial charge is 0.00323 e. The summed E-state index contributed by atoms with van der Waals surface area (Å²) in [5.41, 5.74) is 3.25. The molecule has 0 bridgehead atoms. The molecule has 66 valence electrons. The van der Waals surface area contributed by atoms with Crippen molar-refractivity contribution in [3.05, 3.63) is 34.2 Å². The third-order valence-electron chi connectivity index (χ3n) is 3.14. The minimum absolute atomic E-state index is 1.20. The fourth-order valence-electron chi connectivity index (χ4n) is 2.51. The first-order chi connectivity index (χ1) is 6.36. The lowest BCUT2D eigenvalue weighted by molar-refractivity contribution is 0.987. The second kappa shape index (κ2) is 2.71. The number of hydrogen-bond acceptors (Lipinski definition) is 0. The SMILES string of the molecule is BrC1=c2cccc3c2=C(CC1)CC3. The number of halogens is 1. The second-order valence-electron chi connectivity index (χ2n) is 3.85. The quantitative estimate of drug-likeness (QED) is 0.645. The van der Waals surface area contributed by atoms with Crippen LogP contribution in [0.5, 0.6) is 0 Å². The molecule has 0 nitrogen and oxygen atoms in total. The molecule has 0 aromatic heterocycles. The Balaban J connectivity index is 2.57. The summed E-state index contributed by atoms with van der Waals surface area (Å²) in [5.74, 6) is 0. The fraction of sp³-hybridized carbons (Fsp3) is 0.333. The molecule has 1 aromatic rings. The highest BCUT2D eigenvalue weighted by atomic mass is 79.9. The van der Waals surface area contributed by atoms with E-state index < -0.39 is 0 Å². The molecule has 0 unspecified atom stereocenters. The summed E-state index contributed by atoms with van der Waals surface area (Å²) in [7, 11) is 0. The van der Waals surface area contributed by atoms with Crippen molar-refractivity contribution in [1.82, 2.24) is 0 Å². The Morgan fingerprint density at radius 2 is 1.85 bits per heavy atom. The monoisotopic (exact) mass is 234 g/mol. The van der Waals surface area contributed by atoms with Gasteiger partial charge in [-0.15, -0.1) is 0 Å². The van der Waals surface area contributed by atoms with Crippen LogP contribution >= 0.6 is 15.9 Å². The van der Waals surface area contributed by atoms with Crippen molar-refractivity contribution >= 4 is 26.0 Å². The van der Waals surface area contributed by atoms with Crippen LogP contribution in [0.25, 0.3) is 10.1 Å². The van der Waals surface area contributed by atoms with E-state index in [1.165, 1.54) is 35.4 Å². The molecular formula is C12H11Br. The Hall–Kier alpha value is -0.560. The fourth-order valence-corrected chi connectivity index (χ4v) is 3.04. The van der Waals surface area contributed by atoms with Crippen molar-refractivity contribution in [1.29, 1.82) is 0 Å². The molecule has 3 rings (SSSR count). The van der Waals surface area contributed by atoms with Crippen LogP contribution in [0.4, 0.5) is 0 Å². The van der Waals surface area contributed by atoms with Crippen molar-refractivity contribution in [2.24, 2.45) is 0 Å². The predicted octanol–water partition coefficient (Wildman–Crippen LogP) is 2.08. The maximum Gasteiger partial charge on any atom is 0.00323 e. The molecule has 0 saturated carbocycles. The van der Waals surface area contributed by atoms with Gasteiger partial charge in [0.1, 0.15) is 0 Å². The predicted molar refractivity (Wildman–Crippen MR) is 59.0 cm³/mol. The van der Waals surface area contributed by atoms with E-state index in [4.69, 9.17) is 0 Å². The highest BCUT2D eigenvalue weighted by Gasteiger charge is 2.16. The van der Waals surface area contributed by atoms with Gasteiger partial charge in [-0.2, -0.15) is 0 Å². The van der Waals surface area contributed by atoms with Gasteiger partial charge >= 0.3 is 0 Å². The standard InChI is InChI=1S/C12H11Br/c13-11-7-6-9-5-4-8-2-1-3-10(11)12(8)9/h1-3H,4-7H2. The summed E-state index contributed by atoms with van der Waals surface area (Å²) < 4.78 is 1.40. The average Bonchev–Trinajstić information content (AvgIpc) is 2.57. The van der Waals surface area contributed by atoms with E-state index in [-0.39, 0.29) is 0 Å². The van der Waals surface area contributed by atoms with Crippen LogP contribution < -0.4 is 10.4 Å². The minimum Gasteiger partial charge on any atom is -0.0614 e. The topological polar surface area (TPSA) is 0 Å². The van der Waals surface area contributed by atoms with Crippen LogP contribution in [0.15, 0.2) is 18.2 Å². The molecule has 0 heterocycles. The first-order valence-electron chi connectivity index (χ1n) is 4.85. The molecule has 2 aliphatic rings. The number of aryl methyl sites for hydroxylation is 1.